The zero-order chi connectivity index (χ0) is 17.9. The SMILES string of the molecule is CC(C)(C)OC(=O)N1CCN(CC(N)c2ccc(F)cc2F)CC1. The van der Waals surface area contributed by atoms with Crippen LogP contribution in [0.4, 0.5) is 13.6 Å². The first kappa shape index (κ1) is 18.6. The summed E-state index contributed by atoms with van der Waals surface area (Å²) in [5.74, 6) is -1.25. The summed E-state index contributed by atoms with van der Waals surface area (Å²) in [6.45, 7) is 8.28. The summed E-state index contributed by atoms with van der Waals surface area (Å²) in [6, 6.07) is 2.89. The number of halogens is 2. The molecule has 7 heteroatoms. The third-order valence-electron chi connectivity index (χ3n) is 3.84. The first-order valence-corrected chi connectivity index (χ1v) is 8.06. The van der Waals surface area contributed by atoms with Crippen molar-refractivity contribution in [1.29, 1.82) is 0 Å². The van der Waals surface area contributed by atoms with Crippen LogP contribution < -0.4 is 5.73 Å². The number of nitrogens with two attached hydrogens (primary N) is 1. The Hall–Kier alpha value is -1.73. The van der Waals surface area contributed by atoms with Gasteiger partial charge in [0, 0.05) is 50.4 Å². The molecule has 0 spiro atoms. The lowest BCUT2D eigenvalue weighted by Crippen LogP contribution is -2.51. The summed E-state index contributed by atoms with van der Waals surface area (Å²) in [5.41, 5.74) is 5.83. The molecule has 1 aliphatic rings. The van der Waals surface area contributed by atoms with Gasteiger partial charge < -0.3 is 15.4 Å². The number of rotatable bonds is 3. The van der Waals surface area contributed by atoms with Gasteiger partial charge in [-0.15, -0.1) is 0 Å². The van der Waals surface area contributed by atoms with Crippen LogP contribution in [0.2, 0.25) is 0 Å². The van der Waals surface area contributed by atoms with Crippen LogP contribution in [-0.2, 0) is 4.74 Å². The number of carbonyl (C=O) groups excluding carboxylic acids is 1. The second-order valence-electron chi connectivity index (χ2n) is 7.04. The molecule has 0 aromatic heterocycles. The number of ether oxygens (including phenoxy) is 1. The Morgan fingerprint density at radius 1 is 1.25 bits per heavy atom. The van der Waals surface area contributed by atoms with E-state index in [1.165, 1.54) is 12.1 Å². The maximum Gasteiger partial charge on any atom is 0.410 e. The van der Waals surface area contributed by atoms with Crippen molar-refractivity contribution in [2.24, 2.45) is 5.73 Å². The monoisotopic (exact) mass is 341 g/mol. The van der Waals surface area contributed by atoms with Crippen molar-refractivity contribution in [3.63, 3.8) is 0 Å². The molecule has 0 radical (unpaired) electrons. The van der Waals surface area contributed by atoms with Gasteiger partial charge in [-0.05, 0) is 26.8 Å². The van der Waals surface area contributed by atoms with E-state index in [1.54, 1.807) is 4.90 Å². The number of amides is 1. The molecule has 0 aliphatic carbocycles. The van der Waals surface area contributed by atoms with E-state index >= 15 is 0 Å². The molecule has 0 saturated carbocycles. The lowest BCUT2D eigenvalue weighted by Gasteiger charge is -2.36. The Bertz CT molecular complexity index is 582. The van der Waals surface area contributed by atoms with Gasteiger partial charge in [0.05, 0.1) is 0 Å². The number of hydrogen-bond acceptors (Lipinski definition) is 4. The van der Waals surface area contributed by atoms with E-state index in [-0.39, 0.29) is 6.09 Å². The molecule has 1 unspecified atom stereocenters. The summed E-state index contributed by atoms with van der Waals surface area (Å²) in [7, 11) is 0. The van der Waals surface area contributed by atoms with Crippen molar-refractivity contribution in [3.05, 3.63) is 35.4 Å². The third-order valence-corrected chi connectivity index (χ3v) is 3.84. The summed E-state index contributed by atoms with van der Waals surface area (Å²) < 4.78 is 32.1. The largest absolute Gasteiger partial charge is 0.444 e. The van der Waals surface area contributed by atoms with Gasteiger partial charge in [-0.3, -0.25) is 4.90 Å². The number of hydrogen-bond donors (Lipinski definition) is 1. The summed E-state index contributed by atoms with van der Waals surface area (Å²) in [6.07, 6.45) is -0.323. The highest BCUT2D eigenvalue weighted by molar-refractivity contribution is 5.68. The average molecular weight is 341 g/mol. The van der Waals surface area contributed by atoms with E-state index in [2.05, 4.69) is 4.90 Å². The van der Waals surface area contributed by atoms with Gasteiger partial charge in [-0.25, -0.2) is 13.6 Å². The minimum absolute atomic E-state index is 0.297. The molecule has 0 bridgehead atoms. The summed E-state index contributed by atoms with van der Waals surface area (Å²) >= 11 is 0. The van der Waals surface area contributed by atoms with Gasteiger partial charge in [-0.2, -0.15) is 0 Å². The Kier molecular flexibility index (Phi) is 5.77. The third kappa shape index (κ3) is 5.14. The zero-order valence-electron chi connectivity index (χ0n) is 14.4. The highest BCUT2D eigenvalue weighted by Gasteiger charge is 2.26. The molecular formula is C17H25F2N3O2. The summed E-state index contributed by atoms with van der Waals surface area (Å²) in [5, 5.41) is 0. The molecule has 2 N–H and O–H groups in total. The Labute approximate surface area is 141 Å². The van der Waals surface area contributed by atoms with Gasteiger partial charge >= 0.3 is 6.09 Å². The normalized spacial score (nSPS) is 17.7. The maximum absolute atomic E-state index is 13.8. The maximum atomic E-state index is 13.8. The fourth-order valence-electron chi connectivity index (χ4n) is 2.62. The number of carbonyl (C=O) groups is 1. The van der Waals surface area contributed by atoms with Crippen molar-refractivity contribution >= 4 is 6.09 Å². The van der Waals surface area contributed by atoms with Crippen LogP contribution in [0.5, 0.6) is 0 Å². The van der Waals surface area contributed by atoms with Crippen molar-refractivity contribution in [3.8, 4) is 0 Å². The molecule has 1 atom stereocenters. The highest BCUT2D eigenvalue weighted by Crippen LogP contribution is 2.18. The van der Waals surface area contributed by atoms with Gasteiger partial charge in [0.15, 0.2) is 0 Å². The molecule has 1 aliphatic heterocycles. The fourth-order valence-corrected chi connectivity index (χ4v) is 2.62. The lowest BCUT2D eigenvalue weighted by atomic mass is 10.1. The topological polar surface area (TPSA) is 58.8 Å². The number of nitrogens with zero attached hydrogens (tertiary/aromatic N) is 2. The van der Waals surface area contributed by atoms with E-state index in [4.69, 9.17) is 10.5 Å². The molecule has 1 fully saturated rings. The fraction of sp³-hybridized carbons (Fsp3) is 0.588. The first-order valence-electron chi connectivity index (χ1n) is 8.06. The molecule has 1 saturated heterocycles. The number of piperazine rings is 1. The van der Waals surface area contributed by atoms with Crippen LogP contribution >= 0.6 is 0 Å². The second kappa shape index (κ2) is 7.44. The Morgan fingerprint density at radius 2 is 1.88 bits per heavy atom. The second-order valence-corrected chi connectivity index (χ2v) is 7.04. The molecule has 1 heterocycles. The van der Waals surface area contributed by atoms with Gasteiger partial charge in [-0.1, -0.05) is 6.07 Å². The number of benzene rings is 1. The zero-order valence-corrected chi connectivity index (χ0v) is 14.4. The molecule has 134 valence electrons. The first-order chi connectivity index (χ1) is 11.2. The predicted octanol–water partition coefficient (Wildman–Crippen LogP) is 2.52. The van der Waals surface area contributed by atoms with E-state index < -0.39 is 23.3 Å². The Morgan fingerprint density at radius 3 is 2.42 bits per heavy atom. The van der Waals surface area contributed by atoms with Crippen molar-refractivity contribution in [1.82, 2.24) is 9.80 Å². The van der Waals surface area contributed by atoms with Crippen LogP contribution in [0.25, 0.3) is 0 Å². The van der Waals surface area contributed by atoms with E-state index in [0.29, 0.717) is 38.3 Å². The Balaban J connectivity index is 1.85. The van der Waals surface area contributed by atoms with Crippen molar-refractivity contribution in [2.75, 3.05) is 32.7 Å². The minimum Gasteiger partial charge on any atom is -0.444 e. The van der Waals surface area contributed by atoms with Crippen molar-refractivity contribution in [2.45, 2.75) is 32.4 Å². The van der Waals surface area contributed by atoms with Crippen LogP contribution in [-0.4, -0.2) is 54.2 Å². The van der Waals surface area contributed by atoms with E-state index in [9.17, 15) is 13.6 Å². The smallest absolute Gasteiger partial charge is 0.410 e. The van der Waals surface area contributed by atoms with Gasteiger partial charge in [0.2, 0.25) is 0 Å². The van der Waals surface area contributed by atoms with Crippen LogP contribution in [0.1, 0.15) is 32.4 Å². The molecule has 1 aromatic carbocycles. The molecule has 24 heavy (non-hydrogen) atoms. The van der Waals surface area contributed by atoms with Gasteiger partial charge in [0.25, 0.3) is 0 Å². The quantitative estimate of drug-likeness (QED) is 0.918. The minimum atomic E-state index is -0.630. The molecule has 5 nitrogen and oxygen atoms in total. The standard InChI is InChI=1S/C17H25F2N3O2/c1-17(2,3)24-16(23)22-8-6-21(7-9-22)11-15(20)13-5-4-12(18)10-14(13)19/h4-5,10,15H,6-9,11,20H2,1-3H3. The summed E-state index contributed by atoms with van der Waals surface area (Å²) in [4.78, 5) is 15.7. The molecule has 1 aromatic rings. The average Bonchev–Trinajstić information content (AvgIpc) is 2.45. The van der Waals surface area contributed by atoms with Crippen molar-refractivity contribution < 1.29 is 18.3 Å². The predicted molar refractivity (Wildman–Crippen MR) is 87.5 cm³/mol. The van der Waals surface area contributed by atoms with Crippen LogP contribution in [0.3, 0.4) is 0 Å². The van der Waals surface area contributed by atoms with Crippen LogP contribution in [0.15, 0.2) is 18.2 Å². The highest BCUT2D eigenvalue weighted by atomic mass is 19.1. The van der Waals surface area contributed by atoms with Crippen LogP contribution in [0, 0.1) is 11.6 Å². The van der Waals surface area contributed by atoms with E-state index in [0.717, 1.165) is 6.07 Å². The van der Waals surface area contributed by atoms with Gasteiger partial charge in [0.1, 0.15) is 17.2 Å². The molecule has 2 rings (SSSR count). The molecular weight excluding hydrogens is 316 g/mol. The lowest BCUT2D eigenvalue weighted by molar-refractivity contribution is 0.0141. The van der Waals surface area contributed by atoms with E-state index in [1.807, 2.05) is 20.8 Å². The molecule has 1 amide bonds.